The number of hydrogen-bond donors (Lipinski definition) is 1. The molecule has 1 unspecified atom stereocenters. The van der Waals surface area contributed by atoms with Gasteiger partial charge < -0.3 is 14.8 Å². The number of rotatable bonds is 16. The van der Waals surface area contributed by atoms with E-state index in [0.29, 0.717) is 12.6 Å². The summed E-state index contributed by atoms with van der Waals surface area (Å²) in [7, 11) is 7.59. The molecule has 0 saturated carbocycles. The molecule has 0 aliphatic carbocycles. The van der Waals surface area contributed by atoms with Crippen molar-refractivity contribution in [1.29, 1.82) is 0 Å². The lowest BCUT2D eigenvalue weighted by Crippen LogP contribution is -2.39. The molecule has 0 aromatic heterocycles. The molecule has 1 fully saturated rings. The van der Waals surface area contributed by atoms with E-state index in [1.807, 2.05) is 0 Å². The fraction of sp³-hybridized carbons (Fsp3) is 1.00. The summed E-state index contributed by atoms with van der Waals surface area (Å²) in [5, 5.41) is 3.60. The van der Waals surface area contributed by atoms with E-state index in [4.69, 9.17) is 17.3 Å². The van der Waals surface area contributed by atoms with Gasteiger partial charge in [-0.3, -0.25) is 0 Å². The van der Waals surface area contributed by atoms with Crippen molar-refractivity contribution >= 4 is 7.85 Å². The van der Waals surface area contributed by atoms with Crippen LogP contribution in [0.3, 0.4) is 0 Å². The zero-order chi connectivity index (χ0) is 17.5. The second-order valence-corrected chi connectivity index (χ2v) is 7.35. The molecule has 0 amide bonds. The predicted molar refractivity (Wildman–Crippen MR) is 104 cm³/mol. The Bertz CT molecular complexity index is 278. The molecule has 1 aliphatic rings. The average molecular weight is 337 g/mol. The normalized spacial score (nSPS) is 23.8. The van der Waals surface area contributed by atoms with Crippen molar-refractivity contribution in [3.05, 3.63) is 0 Å². The highest BCUT2D eigenvalue weighted by atomic mass is 16.5. The van der Waals surface area contributed by atoms with Crippen LogP contribution >= 0.6 is 0 Å². The maximum atomic E-state index is 5.87. The molecule has 24 heavy (non-hydrogen) atoms. The summed E-state index contributed by atoms with van der Waals surface area (Å²) < 4.78 is 10.9. The molecule has 1 heterocycles. The van der Waals surface area contributed by atoms with Crippen molar-refractivity contribution in [2.45, 2.75) is 109 Å². The topological polar surface area (TPSA) is 30.5 Å². The fourth-order valence-electron chi connectivity index (χ4n) is 3.56. The summed E-state index contributed by atoms with van der Waals surface area (Å²) in [4.78, 5) is 0. The maximum absolute atomic E-state index is 5.87. The Balaban J connectivity index is 1.83. The van der Waals surface area contributed by atoms with Crippen LogP contribution in [-0.4, -0.2) is 46.3 Å². The van der Waals surface area contributed by atoms with E-state index in [9.17, 15) is 0 Å². The summed E-state index contributed by atoms with van der Waals surface area (Å²) in [5.74, 6) is 0. The minimum Gasteiger partial charge on any atom is -0.382 e. The number of unbranched alkanes of at least 4 members (excludes halogenated alkanes) is 11. The van der Waals surface area contributed by atoms with Crippen LogP contribution in [0.5, 0.6) is 0 Å². The summed E-state index contributed by atoms with van der Waals surface area (Å²) in [6.45, 7) is 3.98. The molecular weight excluding hydrogens is 297 g/mol. The van der Waals surface area contributed by atoms with Crippen molar-refractivity contribution < 1.29 is 9.47 Å². The van der Waals surface area contributed by atoms with E-state index in [2.05, 4.69) is 12.2 Å². The van der Waals surface area contributed by atoms with Crippen molar-refractivity contribution in [3.8, 4) is 0 Å². The molecule has 2 radical (unpaired) electrons. The minimum absolute atomic E-state index is 0.113. The SMILES string of the molecule is [B][C@H]1C[C@@H](NCCCCCCCCCCCCCC)C(COC)O1. The van der Waals surface area contributed by atoms with E-state index >= 15 is 0 Å². The monoisotopic (exact) mass is 337 g/mol. The summed E-state index contributed by atoms with van der Waals surface area (Å²) in [6.07, 6.45) is 17.7. The fourth-order valence-corrected chi connectivity index (χ4v) is 3.56. The molecule has 0 spiro atoms. The third kappa shape index (κ3) is 10.7. The first kappa shape index (κ1) is 22.0. The number of hydrogen-bond acceptors (Lipinski definition) is 3. The van der Waals surface area contributed by atoms with Gasteiger partial charge in [-0.05, 0) is 19.4 Å². The standard InChI is InChI=1S/C20H40BNO2/c1-3-4-5-6-7-8-9-10-11-12-13-14-15-22-18-16-20(21)24-19(18)17-23-2/h18-20,22H,3-17H2,1-2H3/t18-,19?,20-/m1/s1. The van der Waals surface area contributed by atoms with Crippen molar-refractivity contribution in [3.63, 3.8) is 0 Å². The molecule has 4 heteroatoms. The molecule has 0 aromatic rings. The number of methoxy groups -OCH3 is 1. The Morgan fingerprint density at radius 1 is 0.917 bits per heavy atom. The summed E-state index contributed by atoms with van der Waals surface area (Å²) in [5.41, 5.74) is 0. The maximum Gasteiger partial charge on any atom is 0.109 e. The van der Waals surface area contributed by atoms with Crippen LogP contribution < -0.4 is 5.32 Å². The smallest absolute Gasteiger partial charge is 0.109 e. The van der Waals surface area contributed by atoms with Crippen LogP contribution in [0.25, 0.3) is 0 Å². The minimum atomic E-state index is -0.135. The Morgan fingerprint density at radius 2 is 1.46 bits per heavy atom. The van der Waals surface area contributed by atoms with Gasteiger partial charge in [0, 0.05) is 19.2 Å². The lowest BCUT2D eigenvalue weighted by Gasteiger charge is -2.19. The van der Waals surface area contributed by atoms with Crippen molar-refractivity contribution in [2.75, 3.05) is 20.3 Å². The molecule has 0 bridgehead atoms. The van der Waals surface area contributed by atoms with Crippen LogP contribution in [0.15, 0.2) is 0 Å². The summed E-state index contributed by atoms with van der Waals surface area (Å²) in [6, 6.07) is 0.220. The van der Waals surface area contributed by atoms with Gasteiger partial charge in [0.2, 0.25) is 0 Å². The second kappa shape index (κ2) is 15.2. The Kier molecular flexibility index (Phi) is 13.9. The van der Waals surface area contributed by atoms with Gasteiger partial charge >= 0.3 is 0 Å². The van der Waals surface area contributed by atoms with Gasteiger partial charge in [0.15, 0.2) is 0 Å². The van der Waals surface area contributed by atoms with Gasteiger partial charge in [0.1, 0.15) is 7.85 Å². The lowest BCUT2D eigenvalue weighted by atomic mass is 9.95. The van der Waals surface area contributed by atoms with Gasteiger partial charge in [-0.25, -0.2) is 0 Å². The van der Waals surface area contributed by atoms with Gasteiger partial charge in [0.05, 0.1) is 12.7 Å². The largest absolute Gasteiger partial charge is 0.382 e. The molecule has 0 aromatic carbocycles. The van der Waals surface area contributed by atoms with Gasteiger partial charge in [-0.2, -0.15) is 0 Å². The zero-order valence-electron chi connectivity index (χ0n) is 16.2. The molecule has 1 saturated heterocycles. The van der Waals surface area contributed by atoms with E-state index in [1.54, 1.807) is 7.11 Å². The predicted octanol–water partition coefficient (Wildman–Crippen LogP) is 4.58. The zero-order valence-corrected chi connectivity index (χ0v) is 16.2. The van der Waals surface area contributed by atoms with E-state index in [0.717, 1.165) is 13.0 Å². The van der Waals surface area contributed by atoms with Crippen LogP contribution in [-0.2, 0) is 9.47 Å². The molecule has 140 valence electrons. The van der Waals surface area contributed by atoms with Crippen LogP contribution in [0.1, 0.15) is 90.4 Å². The average Bonchev–Trinajstić information content (AvgIpc) is 2.92. The molecular formula is C20H40BNO2. The Hall–Kier alpha value is -0.0551. The Labute approximate surface area is 152 Å². The van der Waals surface area contributed by atoms with E-state index < -0.39 is 0 Å². The number of nitrogens with one attached hydrogen (secondary N) is 1. The Morgan fingerprint density at radius 3 is 2.00 bits per heavy atom. The van der Waals surface area contributed by atoms with Gasteiger partial charge in [0.25, 0.3) is 0 Å². The highest BCUT2D eigenvalue weighted by Crippen LogP contribution is 2.19. The van der Waals surface area contributed by atoms with Crippen LogP contribution in [0.2, 0.25) is 0 Å². The van der Waals surface area contributed by atoms with Crippen molar-refractivity contribution in [2.24, 2.45) is 0 Å². The highest BCUT2D eigenvalue weighted by molar-refractivity contribution is 6.11. The van der Waals surface area contributed by atoms with Gasteiger partial charge in [-0.1, -0.05) is 77.6 Å². The summed E-state index contributed by atoms with van der Waals surface area (Å²) >= 11 is 0. The molecule has 1 N–H and O–H groups in total. The highest BCUT2D eigenvalue weighted by Gasteiger charge is 2.31. The van der Waals surface area contributed by atoms with E-state index in [1.165, 1.54) is 77.0 Å². The lowest BCUT2D eigenvalue weighted by molar-refractivity contribution is 0.0161. The first-order chi connectivity index (χ1) is 11.8. The van der Waals surface area contributed by atoms with Gasteiger partial charge in [-0.15, -0.1) is 0 Å². The first-order valence-electron chi connectivity index (χ1n) is 10.4. The van der Waals surface area contributed by atoms with Crippen LogP contribution in [0.4, 0.5) is 0 Å². The second-order valence-electron chi connectivity index (χ2n) is 7.35. The molecule has 3 atom stereocenters. The molecule has 3 nitrogen and oxygen atoms in total. The van der Waals surface area contributed by atoms with Crippen LogP contribution in [0, 0.1) is 0 Å². The molecule has 1 aliphatic heterocycles. The van der Waals surface area contributed by atoms with E-state index in [-0.39, 0.29) is 12.1 Å². The number of ether oxygens (including phenoxy) is 2. The quantitative estimate of drug-likeness (QED) is 0.330. The third-order valence-electron chi connectivity index (χ3n) is 5.05. The molecule has 1 rings (SSSR count). The first-order valence-corrected chi connectivity index (χ1v) is 10.4. The third-order valence-corrected chi connectivity index (χ3v) is 5.05. The van der Waals surface area contributed by atoms with Crippen molar-refractivity contribution in [1.82, 2.24) is 5.32 Å².